The Labute approximate surface area is 121 Å². The van der Waals surface area contributed by atoms with Gasteiger partial charge in [0.05, 0.1) is 6.04 Å². The zero-order valence-corrected chi connectivity index (χ0v) is 12.7. The van der Waals surface area contributed by atoms with E-state index in [-0.39, 0.29) is 17.9 Å². The van der Waals surface area contributed by atoms with Crippen LogP contribution in [0.1, 0.15) is 27.2 Å². The number of amides is 2. The monoisotopic (exact) mass is 285 g/mol. The third-order valence-corrected chi connectivity index (χ3v) is 3.90. The average molecular weight is 285 g/mol. The van der Waals surface area contributed by atoms with E-state index >= 15 is 0 Å². The third-order valence-electron chi connectivity index (χ3n) is 3.90. The molecule has 1 aliphatic heterocycles. The molecule has 0 spiro atoms. The Balaban J connectivity index is 2.57. The fourth-order valence-electron chi connectivity index (χ4n) is 2.64. The zero-order chi connectivity index (χ0) is 15.1. The van der Waals surface area contributed by atoms with E-state index < -0.39 is 0 Å². The van der Waals surface area contributed by atoms with Crippen LogP contribution in [-0.4, -0.2) is 77.1 Å². The molecule has 0 radical (unpaired) electrons. The van der Waals surface area contributed by atoms with E-state index in [1.807, 2.05) is 30.6 Å². The van der Waals surface area contributed by atoms with Crippen molar-refractivity contribution in [2.24, 2.45) is 10.9 Å². The Morgan fingerprint density at radius 2 is 1.80 bits per heavy atom. The molecule has 1 fully saturated rings. The first-order chi connectivity index (χ1) is 9.58. The van der Waals surface area contributed by atoms with Crippen LogP contribution in [0.4, 0.5) is 4.79 Å². The lowest BCUT2D eigenvalue weighted by Crippen LogP contribution is -2.57. The second-order valence-corrected chi connectivity index (χ2v) is 4.93. The summed E-state index contributed by atoms with van der Waals surface area (Å²) in [5.74, 6) is 0.246. The first kappa shape index (κ1) is 16.6. The topological polar surface area (TPSA) is 85.4 Å². The van der Waals surface area contributed by atoms with Gasteiger partial charge in [-0.2, -0.15) is 0 Å². The number of piperazine rings is 1. The number of oxime groups is 1. The van der Waals surface area contributed by atoms with Crippen molar-refractivity contribution in [3.8, 4) is 0 Å². The molecule has 0 aromatic heterocycles. The van der Waals surface area contributed by atoms with Crippen LogP contribution < -0.4 is 5.73 Å². The van der Waals surface area contributed by atoms with Crippen molar-refractivity contribution < 1.29 is 10.0 Å². The number of hydrogen-bond acceptors (Lipinski definition) is 4. The van der Waals surface area contributed by atoms with Gasteiger partial charge in [-0.1, -0.05) is 12.1 Å². The number of nitrogens with zero attached hydrogens (tertiary/aromatic N) is 4. The summed E-state index contributed by atoms with van der Waals surface area (Å²) in [6.07, 6.45) is 0.792. The fourth-order valence-corrected chi connectivity index (χ4v) is 2.64. The SMILES string of the molecule is CCC(C(N)=NO)N1CCN(C(=O)N(CC)CC)CC1. The minimum absolute atomic E-state index is 0.0503. The molecule has 1 rings (SSSR count). The van der Waals surface area contributed by atoms with Crippen LogP contribution in [0.25, 0.3) is 0 Å². The predicted molar refractivity (Wildman–Crippen MR) is 79.0 cm³/mol. The molecular weight excluding hydrogens is 258 g/mol. The first-order valence-corrected chi connectivity index (χ1v) is 7.34. The highest BCUT2D eigenvalue weighted by Crippen LogP contribution is 2.11. The maximum Gasteiger partial charge on any atom is 0.320 e. The molecule has 2 amide bonds. The number of amidine groups is 1. The van der Waals surface area contributed by atoms with E-state index in [0.717, 1.165) is 32.6 Å². The van der Waals surface area contributed by atoms with Crippen molar-refractivity contribution in [1.29, 1.82) is 0 Å². The Hall–Kier alpha value is -1.50. The second-order valence-electron chi connectivity index (χ2n) is 4.93. The van der Waals surface area contributed by atoms with Crippen molar-refractivity contribution in [2.45, 2.75) is 33.2 Å². The minimum Gasteiger partial charge on any atom is -0.409 e. The lowest BCUT2D eigenvalue weighted by molar-refractivity contribution is 0.105. The van der Waals surface area contributed by atoms with Crippen LogP contribution in [0.5, 0.6) is 0 Å². The van der Waals surface area contributed by atoms with E-state index in [0.29, 0.717) is 13.1 Å². The Morgan fingerprint density at radius 1 is 1.25 bits per heavy atom. The van der Waals surface area contributed by atoms with Gasteiger partial charge in [0, 0.05) is 39.3 Å². The van der Waals surface area contributed by atoms with E-state index in [9.17, 15) is 4.79 Å². The van der Waals surface area contributed by atoms with Crippen molar-refractivity contribution in [1.82, 2.24) is 14.7 Å². The molecule has 1 aliphatic rings. The number of nitrogens with two attached hydrogens (primary N) is 1. The van der Waals surface area contributed by atoms with Gasteiger partial charge in [0.1, 0.15) is 0 Å². The van der Waals surface area contributed by atoms with Crippen LogP contribution in [0.2, 0.25) is 0 Å². The minimum atomic E-state index is -0.0503. The smallest absolute Gasteiger partial charge is 0.320 e. The number of urea groups is 1. The molecule has 1 atom stereocenters. The normalized spacial score (nSPS) is 18.9. The highest BCUT2D eigenvalue weighted by atomic mass is 16.4. The molecule has 7 heteroatoms. The number of hydrogen-bond donors (Lipinski definition) is 2. The van der Waals surface area contributed by atoms with E-state index in [2.05, 4.69) is 10.1 Å². The van der Waals surface area contributed by atoms with Crippen molar-refractivity contribution in [3.05, 3.63) is 0 Å². The lowest BCUT2D eigenvalue weighted by Gasteiger charge is -2.40. The Morgan fingerprint density at radius 3 is 2.20 bits per heavy atom. The van der Waals surface area contributed by atoms with E-state index in [1.54, 1.807) is 0 Å². The molecule has 0 aromatic rings. The number of carbonyl (C=O) groups is 1. The zero-order valence-electron chi connectivity index (χ0n) is 12.7. The maximum atomic E-state index is 12.2. The van der Waals surface area contributed by atoms with Crippen LogP contribution >= 0.6 is 0 Å². The van der Waals surface area contributed by atoms with Gasteiger partial charge in [-0.3, -0.25) is 4.90 Å². The van der Waals surface area contributed by atoms with Gasteiger partial charge in [-0.05, 0) is 20.3 Å². The summed E-state index contributed by atoms with van der Waals surface area (Å²) >= 11 is 0. The molecule has 3 N–H and O–H groups in total. The number of carbonyl (C=O) groups excluding carboxylic acids is 1. The third kappa shape index (κ3) is 3.75. The van der Waals surface area contributed by atoms with Gasteiger partial charge in [-0.25, -0.2) is 4.79 Å². The molecule has 0 aliphatic carbocycles. The van der Waals surface area contributed by atoms with Crippen molar-refractivity contribution in [3.63, 3.8) is 0 Å². The van der Waals surface area contributed by atoms with E-state index in [4.69, 9.17) is 10.9 Å². The summed E-state index contributed by atoms with van der Waals surface area (Å²) in [6.45, 7) is 10.3. The lowest BCUT2D eigenvalue weighted by atomic mass is 10.1. The van der Waals surface area contributed by atoms with Crippen LogP contribution in [0.3, 0.4) is 0 Å². The van der Waals surface area contributed by atoms with Crippen molar-refractivity contribution in [2.75, 3.05) is 39.3 Å². The van der Waals surface area contributed by atoms with Gasteiger partial charge in [0.15, 0.2) is 5.84 Å². The second kappa shape index (κ2) is 7.94. The predicted octanol–water partition coefficient (Wildman–Crippen LogP) is 0.591. The summed E-state index contributed by atoms with van der Waals surface area (Å²) in [5, 5.41) is 11.9. The Kier molecular flexibility index (Phi) is 6.57. The summed E-state index contributed by atoms with van der Waals surface area (Å²) in [7, 11) is 0. The Bertz CT molecular complexity index is 336. The van der Waals surface area contributed by atoms with Crippen LogP contribution in [0, 0.1) is 0 Å². The summed E-state index contributed by atoms with van der Waals surface area (Å²) in [4.78, 5) is 18.1. The highest BCUT2D eigenvalue weighted by Gasteiger charge is 2.28. The molecule has 0 saturated carbocycles. The summed E-state index contributed by atoms with van der Waals surface area (Å²) in [6, 6.07) is 0.0530. The molecule has 7 nitrogen and oxygen atoms in total. The molecule has 20 heavy (non-hydrogen) atoms. The largest absolute Gasteiger partial charge is 0.409 e. The molecule has 0 bridgehead atoms. The van der Waals surface area contributed by atoms with Gasteiger partial charge in [0.25, 0.3) is 0 Å². The molecule has 1 heterocycles. The average Bonchev–Trinajstić information content (AvgIpc) is 2.49. The van der Waals surface area contributed by atoms with E-state index in [1.165, 1.54) is 0 Å². The molecular formula is C13H27N5O2. The molecule has 1 unspecified atom stereocenters. The van der Waals surface area contributed by atoms with Gasteiger partial charge < -0.3 is 20.7 Å². The van der Waals surface area contributed by atoms with Gasteiger partial charge in [0.2, 0.25) is 0 Å². The molecule has 1 saturated heterocycles. The van der Waals surface area contributed by atoms with Crippen LogP contribution in [0.15, 0.2) is 5.16 Å². The molecule has 116 valence electrons. The molecule has 0 aromatic carbocycles. The van der Waals surface area contributed by atoms with Crippen molar-refractivity contribution >= 4 is 11.9 Å². The standard InChI is InChI=1S/C13H27N5O2/c1-4-11(12(14)15-20)17-7-9-18(10-8-17)13(19)16(5-2)6-3/h11,20H,4-10H2,1-3H3,(H2,14,15). The van der Waals surface area contributed by atoms with Gasteiger partial charge >= 0.3 is 6.03 Å². The van der Waals surface area contributed by atoms with Crippen LogP contribution in [-0.2, 0) is 0 Å². The quantitative estimate of drug-likeness (QED) is 0.335. The number of rotatable bonds is 5. The van der Waals surface area contributed by atoms with Gasteiger partial charge in [-0.15, -0.1) is 0 Å². The summed E-state index contributed by atoms with van der Waals surface area (Å²) < 4.78 is 0. The first-order valence-electron chi connectivity index (χ1n) is 7.34. The fraction of sp³-hybridized carbons (Fsp3) is 0.846. The summed E-state index contributed by atoms with van der Waals surface area (Å²) in [5.41, 5.74) is 5.71. The highest BCUT2D eigenvalue weighted by molar-refractivity contribution is 5.85. The maximum absolute atomic E-state index is 12.2.